The van der Waals surface area contributed by atoms with Crippen molar-refractivity contribution in [2.24, 2.45) is 0 Å². The summed E-state index contributed by atoms with van der Waals surface area (Å²) >= 11 is 3.94. The lowest BCUT2D eigenvalue weighted by Crippen LogP contribution is -2.42. The van der Waals surface area contributed by atoms with Crippen LogP contribution in [0.15, 0.2) is 40.1 Å². The van der Waals surface area contributed by atoms with Crippen LogP contribution in [-0.4, -0.2) is 27.8 Å². The van der Waals surface area contributed by atoms with Gasteiger partial charge in [-0.2, -0.15) is 0 Å². The van der Waals surface area contributed by atoms with E-state index in [1.165, 1.54) is 40.0 Å². The average Bonchev–Trinajstić information content (AvgIpc) is 3.34. The Hall–Kier alpha value is -2.43. The number of thiophene rings is 1. The van der Waals surface area contributed by atoms with Gasteiger partial charge in [0.25, 0.3) is 5.91 Å². The Labute approximate surface area is 168 Å². The molecule has 3 aromatic rings. The molecule has 0 atom stereocenters. The fourth-order valence-corrected chi connectivity index (χ4v) is 4.26. The van der Waals surface area contributed by atoms with Gasteiger partial charge in [-0.05, 0) is 42.5 Å². The molecule has 0 aliphatic heterocycles. The molecule has 0 bridgehead atoms. The highest BCUT2D eigenvalue weighted by Gasteiger charge is 2.11. The molecule has 10 heteroatoms. The van der Waals surface area contributed by atoms with Gasteiger partial charge in [-0.1, -0.05) is 41.3 Å². The number of aromatic nitrogens is 2. The van der Waals surface area contributed by atoms with Gasteiger partial charge >= 0.3 is 0 Å². The summed E-state index contributed by atoms with van der Waals surface area (Å²) in [6.45, 7) is 4.10. The van der Waals surface area contributed by atoms with Crippen LogP contribution in [0.4, 0.5) is 10.8 Å². The number of benzene rings is 1. The predicted octanol–water partition coefficient (Wildman–Crippen LogP) is 3.51. The van der Waals surface area contributed by atoms with Crippen LogP contribution in [0.25, 0.3) is 0 Å². The zero-order valence-electron chi connectivity index (χ0n) is 14.6. The quantitative estimate of drug-likeness (QED) is 0.418. The number of anilines is 2. The van der Waals surface area contributed by atoms with E-state index in [9.17, 15) is 9.59 Å². The first kappa shape index (κ1) is 19.3. The summed E-state index contributed by atoms with van der Waals surface area (Å²) < 4.78 is 0.669. The minimum Gasteiger partial charge on any atom is -0.330 e. The second-order valence-electron chi connectivity index (χ2n) is 5.51. The van der Waals surface area contributed by atoms with Crippen molar-refractivity contribution in [3.05, 3.63) is 51.7 Å². The lowest BCUT2D eigenvalue weighted by Gasteiger charge is -2.08. The van der Waals surface area contributed by atoms with E-state index in [4.69, 9.17) is 0 Å². The summed E-state index contributed by atoms with van der Waals surface area (Å²) in [5, 5.41) is 13.9. The predicted molar refractivity (Wildman–Crippen MR) is 110 cm³/mol. The number of amides is 2. The van der Waals surface area contributed by atoms with Gasteiger partial charge in [0.1, 0.15) is 0 Å². The van der Waals surface area contributed by atoms with E-state index in [1.54, 1.807) is 17.5 Å². The lowest BCUT2D eigenvalue weighted by molar-refractivity contribution is -0.119. The Morgan fingerprint density at radius 3 is 2.74 bits per heavy atom. The summed E-state index contributed by atoms with van der Waals surface area (Å²) in [5.74, 6) is -0.522. The summed E-state index contributed by atoms with van der Waals surface area (Å²) in [6, 6.07) is 9.48. The van der Waals surface area contributed by atoms with Crippen LogP contribution in [0.1, 0.15) is 20.8 Å². The topological polar surface area (TPSA) is 96.0 Å². The maximum atomic E-state index is 11.9. The number of carbonyl (C=O) groups excluding carboxylic acids is 2. The van der Waals surface area contributed by atoms with Crippen molar-refractivity contribution in [2.75, 3.05) is 11.1 Å². The number of hydrogen-bond donors (Lipinski definition) is 3. The van der Waals surface area contributed by atoms with E-state index < -0.39 is 0 Å². The highest BCUT2D eigenvalue weighted by Crippen LogP contribution is 2.29. The molecule has 0 unspecified atom stereocenters. The lowest BCUT2D eigenvalue weighted by atomic mass is 10.1. The Balaban J connectivity index is 1.47. The average molecular weight is 420 g/mol. The smallest absolute Gasteiger partial charge is 0.279 e. The molecule has 3 N–H and O–H groups in total. The molecule has 0 radical (unpaired) electrons. The number of nitrogens with one attached hydrogen (secondary N) is 3. The Bertz CT molecular complexity index is 940. The van der Waals surface area contributed by atoms with E-state index in [2.05, 4.69) is 39.4 Å². The van der Waals surface area contributed by atoms with Crippen molar-refractivity contribution in [3.8, 4) is 0 Å². The van der Waals surface area contributed by atoms with E-state index in [-0.39, 0.29) is 17.6 Å². The van der Waals surface area contributed by atoms with Gasteiger partial charge in [0, 0.05) is 5.69 Å². The highest BCUT2D eigenvalue weighted by atomic mass is 32.2. The fraction of sp³-hybridized carbons (Fsp3) is 0.176. The van der Waals surface area contributed by atoms with Gasteiger partial charge in [-0.3, -0.25) is 20.4 Å². The minimum absolute atomic E-state index is 0.128. The third-order valence-electron chi connectivity index (χ3n) is 3.64. The zero-order valence-corrected chi connectivity index (χ0v) is 17.1. The van der Waals surface area contributed by atoms with Crippen molar-refractivity contribution in [3.63, 3.8) is 0 Å². The van der Waals surface area contributed by atoms with E-state index in [0.29, 0.717) is 14.3 Å². The molecule has 7 nitrogen and oxygen atoms in total. The molecule has 140 valence electrons. The summed E-state index contributed by atoms with van der Waals surface area (Å²) in [4.78, 5) is 24.2. The van der Waals surface area contributed by atoms with Crippen LogP contribution < -0.4 is 16.2 Å². The molecule has 1 aromatic carbocycles. The van der Waals surface area contributed by atoms with Crippen LogP contribution in [0.2, 0.25) is 0 Å². The van der Waals surface area contributed by atoms with Crippen LogP contribution in [0, 0.1) is 13.8 Å². The van der Waals surface area contributed by atoms with E-state index in [0.717, 1.165) is 11.3 Å². The van der Waals surface area contributed by atoms with Gasteiger partial charge in [0.05, 0.1) is 10.6 Å². The molecular weight excluding hydrogens is 402 g/mol. The molecule has 0 saturated carbocycles. The second kappa shape index (κ2) is 8.98. The fourth-order valence-electron chi connectivity index (χ4n) is 2.08. The molecule has 3 rings (SSSR count). The number of aryl methyl sites for hydroxylation is 1. The first-order valence-electron chi connectivity index (χ1n) is 7.95. The van der Waals surface area contributed by atoms with Crippen LogP contribution in [0.3, 0.4) is 0 Å². The molecule has 0 aliphatic rings. The molecular formula is C17H17N5O2S3. The monoisotopic (exact) mass is 419 g/mol. The molecule has 0 saturated heterocycles. The summed E-state index contributed by atoms with van der Waals surface area (Å²) in [7, 11) is 0. The van der Waals surface area contributed by atoms with Gasteiger partial charge in [0.15, 0.2) is 4.34 Å². The second-order valence-corrected chi connectivity index (χ2v) is 8.66. The minimum atomic E-state index is -0.334. The highest BCUT2D eigenvalue weighted by molar-refractivity contribution is 8.01. The molecule has 0 aliphatic carbocycles. The Morgan fingerprint density at radius 2 is 1.96 bits per heavy atom. The summed E-state index contributed by atoms with van der Waals surface area (Å²) in [5.41, 5.74) is 8.11. The Kier molecular flexibility index (Phi) is 6.43. The molecule has 0 spiro atoms. The van der Waals surface area contributed by atoms with Crippen molar-refractivity contribution >= 4 is 57.1 Å². The van der Waals surface area contributed by atoms with E-state index >= 15 is 0 Å². The van der Waals surface area contributed by atoms with Crippen LogP contribution in [-0.2, 0) is 4.79 Å². The van der Waals surface area contributed by atoms with Gasteiger partial charge < -0.3 is 5.32 Å². The van der Waals surface area contributed by atoms with E-state index in [1.807, 2.05) is 19.1 Å². The van der Waals surface area contributed by atoms with Gasteiger partial charge in [-0.25, -0.2) is 0 Å². The number of hydrazine groups is 1. The third-order valence-corrected chi connectivity index (χ3v) is 6.48. The molecule has 2 amide bonds. The number of nitrogens with zero attached hydrogens (tertiary/aromatic N) is 2. The zero-order chi connectivity index (χ0) is 19.2. The largest absolute Gasteiger partial charge is 0.330 e. The molecule has 27 heavy (non-hydrogen) atoms. The maximum Gasteiger partial charge on any atom is 0.279 e. The number of rotatable bonds is 6. The van der Waals surface area contributed by atoms with Gasteiger partial charge in [-0.15, -0.1) is 21.5 Å². The van der Waals surface area contributed by atoms with Crippen molar-refractivity contribution in [1.29, 1.82) is 0 Å². The SMILES string of the molecule is Cc1cccc(Nc2nnc(SCC(=O)NNC(=O)c3cccs3)s2)c1C. The van der Waals surface area contributed by atoms with Crippen molar-refractivity contribution < 1.29 is 9.59 Å². The third kappa shape index (κ3) is 5.28. The molecule has 0 fully saturated rings. The first-order valence-corrected chi connectivity index (χ1v) is 10.6. The van der Waals surface area contributed by atoms with Crippen LogP contribution >= 0.6 is 34.4 Å². The van der Waals surface area contributed by atoms with Crippen molar-refractivity contribution in [2.45, 2.75) is 18.2 Å². The maximum absolute atomic E-state index is 11.9. The molecule has 2 aromatic heterocycles. The summed E-state index contributed by atoms with van der Waals surface area (Å²) in [6.07, 6.45) is 0. The standard InChI is InChI=1S/C17H17N5O2S3/c1-10-5-3-6-12(11(10)2)18-16-21-22-17(27-16)26-9-14(23)19-20-15(24)13-7-4-8-25-13/h3-8H,9H2,1-2H3,(H,18,21)(H,19,23)(H,20,24). The molecule has 2 heterocycles. The number of carbonyl (C=O) groups is 2. The number of hydrogen-bond acceptors (Lipinski definition) is 8. The van der Waals surface area contributed by atoms with Crippen molar-refractivity contribution in [1.82, 2.24) is 21.0 Å². The normalized spacial score (nSPS) is 10.4. The van der Waals surface area contributed by atoms with Gasteiger partial charge in [0.2, 0.25) is 11.0 Å². The Morgan fingerprint density at radius 1 is 1.11 bits per heavy atom. The number of thioether (sulfide) groups is 1. The van der Waals surface area contributed by atoms with Crippen LogP contribution in [0.5, 0.6) is 0 Å². The first-order chi connectivity index (χ1) is 13.0.